The van der Waals surface area contributed by atoms with Gasteiger partial charge in [-0.15, -0.1) is 5.10 Å². The summed E-state index contributed by atoms with van der Waals surface area (Å²) in [5, 5.41) is 12.1. The normalized spacial score (nSPS) is 17.1. The van der Waals surface area contributed by atoms with Gasteiger partial charge >= 0.3 is 6.18 Å². The van der Waals surface area contributed by atoms with Crippen LogP contribution in [-0.2, 0) is 12.7 Å². The first-order chi connectivity index (χ1) is 14.4. The Bertz CT molecular complexity index is 961. The van der Waals surface area contributed by atoms with Crippen LogP contribution >= 0.6 is 0 Å². The number of hydrogen-bond acceptors (Lipinski definition) is 7. The molecule has 0 radical (unpaired) electrons. The molecule has 0 bridgehead atoms. The maximum atomic E-state index is 12.7. The quantitative estimate of drug-likeness (QED) is 0.605. The number of likely N-dealkylation sites (N-methyl/N-ethyl adjacent to an activating group) is 1. The monoisotopic (exact) mass is 418 g/mol. The Kier molecular flexibility index (Phi) is 5.67. The van der Waals surface area contributed by atoms with Crippen LogP contribution in [0.2, 0.25) is 0 Å². The Morgan fingerprint density at radius 3 is 2.70 bits per heavy atom. The van der Waals surface area contributed by atoms with Crippen LogP contribution in [-0.4, -0.2) is 51.4 Å². The first-order valence-electron chi connectivity index (χ1n) is 9.63. The fraction of sp³-hybridized carbons (Fsp3) is 0.400. The van der Waals surface area contributed by atoms with E-state index < -0.39 is 11.7 Å². The van der Waals surface area contributed by atoms with Gasteiger partial charge in [-0.2, -0.15) is 23.3 Å². The standard InChI is InChI=1S/C20H21F3N6O/c1-28(12-16-4-3-11-29(16)17-5-2-10-24-26-17)13-18-25-19(27-30-18)14-6-8-15(9-7-14)20(21,22)23/h2,5-10,16H,3-4,11-13H2,1H3. The summed E-state index contributed by atoms with van der Waals surface area (Å²) in [6.07, 6.45) is -0.567. The average Bonchev–Trinajstić information content (AvgIpc) is 3.38. The van der Waals surface area contributed by atoms with E-state index in [1.165, 1.54) is 12.1 Å². The first-order valence-corrected chi connectivity index (χ1v) is 9.63. The molecule has 1 fully saturated rings. The van der Waals surface area contributed by atoms with Crippen molar-refractivity contribution in [1.82, 2.24) is 25.2 Å². The average molecular weight is 418 g/mol. The number of halogens is 3. The van der Waals surface area contributed by atoms with Crippen LogP contribution < -0.4 is 4.90 Å². The largest absolute Gasteiger partial charge is 0.416 e. The van der Waals surface area contributed by atoms with E-state index in [2.05, 4.69) is 30.1 Å². The van der Waals surface area contributed by atoms with Crippen molar-refractivity contribution in [3.63, 3.8) is 0 Å². The van der Waals surface area contributed by atoms with Crippen LogP contribution in [0.1, 0.15) is 24.3 Å². The highest BCUT2D eigenvalue weighted by Crippen LogP contribution is 2.30. The molecule has 1 aromatic carbocycles. The van der Waals surface area contributed by atoms with Crippen molar-refractivity contribution >= 4 is 5.82 Å². The molecule has 0 saturated carbocycles. The van der Waals surface area contributed by atoms with Gasteiger partial charge < -0.3 is 9.42 Å². The van der Waals surface area contributed by atoms with Crippen molar-refractivity contribution in [3.8, 4) is 11.4 Å². The molecule has 2 aromatic heterocycles. The zero-order valence-corrected chi connectivity index (χ0v) is 16.4. The summed E-state index contributed by atoms with van der Waals surface area (Å²) in [5.74, 6) is 1.56. The van der Waals surface area contributed by atoms with E-state index in [0.717, 1.165) is 43.9 Å². The maximum absolute atomic E-state index is 12.7. The summed E-state index contributed by atoms with van der Waals surface area (Å²) in [6.45, 7) is 2.17. The fourth-order valence-corrected chi connectivity index (χ4v) is 3.67. The lowest BCUT2D eigenvalue weighted by atomic mass is 10.1. The van der Waals surface area contributed by atoms with Gasteiger partial charge in [-0.1, -0.05) is 17.3 Å². The molecule has 0 aliphatic carbocycles. The van der Waals surface area contributed by atoms with Crippen molar-refractivity contribution in [3.05, 3.63) is 54.0 Å². The molecular formula is C20H21F3N6O. The van der Waals surface area contributed by atoms with Crippen molar-refractivity contribution in [1.29, 1.82) is 0 Å². The van der Waals surface area contributed by atoms with E-state index in [1.807, 2.05) is 19.2 Å². The summed E-state index contributed by atoms with van der Waals surface area (Å²) < 4.78 is 43.4. The van der Waals surface area contributed by atoms with Crippen LogP contribution in [0.5, 0.6) is 0 Å². The van der Waals surface area contributed by atoms with E-state index in [0.29, 0.717) is 24.0 Å². The van der Waals surface area contributed by atoms with Crippen LogP contribution in [0, 0.1) is 0 Å². The van der Waals surface area contributed by atoms with Crippen LogP contribution in [0.4, 0.5) is 19.0 Å². The van der Waals surface area contributed by atoms with Crippen LogP contribution in [0.3, 0.4) is 0 Å². The number of rotatable bonds is 6. The van der Waals surface area contributed by atoms with Gasteiger partial charge in [-0.25, -0.2) is 0 Å². The minimum Gasteiger partial charge on any atom is -0.351 e. The van der Waals surface area contributed by atoms with E-state index in [4.69, 9.17) is 4.52 Å². The number of benzene rings is 1. The molecule has 30 heavy (non-hydrogen) atoms. The molecule has 0 N–H and O–H groups in total. The molecule has 0 amide bonds. The zero-order chi connectivity index (χ0) is 21.1. The minimum absolute atomic E-state index is 0.272. The number of aromatic nitrogens is 4. The molecule has 3 aromatic rings. The van der Waals surface area contributed by atoms with E-state index in [-0.39, 0.29) is 5.82 Å². The van der Waals surface area contributed by atoms with E-state index in [1.54, 1.807) is 6.20 Å². The van der Waals surface area contributed by atoms with Gasteiger partial charge in [0.1, 0.15) is 0 Å². The molecule has 3 heterocycles. The summed E-state index contributed by atoms with van der Waals surface area (Å²) in [6, 6.07) is 8.86. The summed E-state index contributed by atoms with van der Waals surface area (Å²) >= 11 is 0. The summed E-state index contributed by atoms with van der Waals surface area (Å²) in [5.41, 5.74) is -0.232. The highest BCUT2D eigenvalue weighted by molar-refractivity contribution is 5.54. The Balaban J connectivity index is 1.38. The Morgan fingerprint density at radius 2 is 2.00 bits per heavy atom. The van der Waals surface area contributed by atoms with Crippen molar-refractivity contribution in [2.45, 2.75) is 31.6 Å². The van der Waals surface area contributed by atoms with Gasteiger partial charge in [-0.3, -0.25) is 4.90 Å². The first kappa shape index (κ1) is 20.3. The lowest BCUT2D eigenvalue weighted by Crippen LogP contribution is -2.39. The van der Waals surface area contributed by atoms with Gasteiger partial charge in [-0.05, 0) is 44.2 Å². The van der Waals surface area contributed by atoms with Crippen molar-refractivity contribution < 1.29 is 17.7 Å². The van der Waals surface area contributed by atoms with E-state index in [9.17, 15) is 13.2 Å². The van der Waals surface area contributed by atoms with E-state index >= 15 is 0 Å². The van der Waals surface area contributed by atoms with Gasteiger partial charge in [0, 0.05) is 30.9 Å². The van der Waals surface area contributed by atoms with Gasteiger partial charge in [0.15, 0.2) is 5.82 Å². The van der Waals surface area contributed by atoms with Gasteiger partial charge in [0.05, 0.1) is 12.1 Å². The molecule has 7 nitrogen and oxygen atoms in total. The molecule has 1 aliphatic rings. The Morgan fingerprint density at radius 1 is 1.20 bits per heavy atom. The highest BCUT2D eigenvalue weighted by atomic mass is 19.4. The smallest absolute Gasteiger partial charge is 0.351 e. The minimum atomic E-state index is -4.37. The third-order valence-electron chi connectivity index (χ3n) is 5.10. The third-order valence-corrected chi connectivity index (χ3v) is 5.10. The maximum Gasteiger partial charge on any atom is 0.416 e. The van der Waals surface area contributed by atoms with Crippen molar-refractivity contribution in [2.75, 3.05) is 25.0 Å². The number of hydrogen-bond donors (Lipinski definition) is 0. The SMILES string of the molecule is CN(Cc1nc(-c2ccc(C(F)(F)F)cc2)no1)CC1CCCN1c1cccnn1. The predicted octanol–water partition coefficient (Wildman–Crippen LogP) is 3.65. The Labute approximate surface area is 171 Å². The number of nitrogens with zero attached hydrogens (tertiary/aromatic N) is 6. The molecule has 1 atom stereocenters. The second-order valence-corrected chi connectivity index (χ2v) is 7.35. The predicted molar refractivity (Wildman–Crippen MR) is 103 cm³/mol. The van der Waals surface area contributed by atoms with Gasteiger partial charge in [0.2, 0.25) is 11.7 Å². The topological polar surface area (TPSA) is 71.2 Å². The number of alkyl halides is 3. The number of anilines is 1. The molecule has 158 valence electrons. The van der Waals surface area contributed by atoms with Gasteiger partial charge in [0.25, 0.3) is 0 Å². The molecule has 1 unspecified atom stereocenters. The second kappa shape index (κ2) is 8.39. The lowest BCUT2D eigenvalue weighted by Gasteiger charge is -2.28. The summed E-state index contributed by atoms with van der Waals surface area (Å²) in [7, 11) is 1.97. The molecule has 4 rings (SSSR count). The summed E-state index contributed by atoms with van der Waals surface area (Å²) in [4.78, 5) is 8.67. The molecule has 1 saturated heterocycles. The second-order valence-electron chi connectivity index (χ2n) is 7.35. The molecule has 1 aliphatic heterocycles. The third kappa shape index (κ3) is 4.59. The molecule has 10 heteroatoms. The van der Waals surface area contributed by atoms with Crippen molar-refractivity contribution in [2.24, 2.45) is 0 Å². The van der Waals surface area contributed by atoms with Crippen LogP contribution in [0.25, 0.3) is 11.4 Å². The lowest BCUT2D eigenvalue weighted by molar-refractivity contribution is -0.137. The molecular weight excluding hydrogens is 397 g/mol. The Hall–Kier alpha value is -3.01. The fourth-order valence-electron chi connectivity index (χ4n) is 3.67. The zero-order valence-electron chi connectivity index (χ0n) is 16.4. The van der Waals surface area contributed by atoms with Crippen LogP contribution in [0.15, 0.2) is 47.1 Å². The highest BCUT2D eigenvalue weighted by Gasteiger charge is 2.30. The molecule has 0 spiro atoms.